The van der Waals surface area contributed by atoms with Crippen molar-refractivity contribution >= 4 is 5.91 Å². The molecule has 1 N–H and O–H groups in total. The normalized spacial score (nSPS) is 19.9. The lowest BCUT2D eigenvalue weighted by Gasteiger charge is -2.22. The molecule has 29 heavy (non-hydrogen) atoms. The molecule has 8 nitrogen and oxygen atoms in total. The van der Waals surface area contributed by atoms with E-state index in [4.69, 9.17) is 14.0 Å². The number of aromatic nitrogens is 1. The summed E-state index contributed by atoms with van der Waals surface area (Å²) in [6.07, 6.45) is -1.94. The minimum absolute atomic E-state index is 0.0230. The Balaban J connectivity index is 1.23. The van der Waals surface area contributed by atoms with Crippen LogP contribution in [0.5, 0.6) is 11.5 Å². The van der Waals surface area contributed by atoms with E-state index in [9.17, 15) is 13.6 Å². The number of alkyl halides is 2. The van der Waals surface area contributed by atoms with Gasteiger partial charge in [0.05, 0.1) is 25.9 Å². The Kier molecular flexibility index (Phi) is 5.63. The van der Waals surface area contributed by atoms with Gasteiger partial charge in [0.25, 0.3) is 5.91 Å². The summed E-state index contributed by atoms with van der Waals surface area (Å²) in [5.74, 6) is 0.277. The smallest absolute Gasteiger partial charge is 0.395 e. The molecule has 0 spiro atoms. The van der Waals surface area contributed by atoms with Crippen LogP contribution >= 0.6 is 0 Å². The van der Waals surface area contributed by atoms with Gasteiger partial charge in [0.15, 0.2) is 17.2 Å². The number of nitrogens with zero attached hydrogens (tertiary/aromatic N) is 1. The number of fused-ring (bicyclic) bond motifs is 1. The lowest BCUT2D eigenvalue weighted by atomic mass is 10.1. The molecule has 1 unspecified atom stereocenters. The highest BCUT2D eigenvalue weighted by Gasteiger charge is 2.43. The summed E-state index contributed by atoms with van der Waals surface area (Å²) in [4.78, 5) is 12.1. The van der Waals surface area contributed by atoms with E-state index in [2.05, 4.69) is 19.9 Å². The highest BCUT2D eigenvalue weighted by atomic mass is 19.3. The molecule has 1 amide bonds. The summed E-state index contributed by atoms with van der Waals surface area (Å²) in [5, 5.41) is 6.53. The van der Waals surface area contributed by atoms with Crippen LogP contribution in [0.3, 0.4) is 0 Å². The maximum atomic E-state index is 13.1. The lowest BCUT2D eigenvalue weighted by Crippen LogP contribution is -2.39. The van der Waals surface area contributed by atoms with Gasteiger partial charge in [0.2, 0.25) is 0 Å². The fourth-order valence-corrected chi connectivity index (χ4v) is 3.11. The van der Waals surface area contributed by atoms with Crippen molar-refractivity contribution in [2.75, 3.05) is 26.4 Å². The summed E-state index contributed by atoms with van der Waals surface area (Å²) in [5.41, 5.74) is 1.03. The first-order valence-electron chi connectivity index (χ1n) is 9.30. The van der Waals surface area contributed by atoms with E-state index in [1.54, 1.807) is 12.1 Å². The van der Waals surface area contributed by atoms with Gasteiger partial charge >= 0.3 is 6.29 Å². The summed E-state index contributed by atoms with van der Waals surface area (Å²) >= 11 is 0. The zero-order valence-electron chi connectivity index (χ0n) is 15.5. The minimum atomic E-state index is -3.62. The average molecular weight is 410 g/mol. The Morgan fingerprint density at radius 3 is 2.86 bits per heavy atom. The second-order valence-electron chi connectivity index (χ2n) is 6.76. The van der Waals surface area contributed by atoms with E-state index in [-0.39, 0.29) is 29.2 Å². The molecule has 0 saturated carbocycles. The van der Waals surface area contributed by atoms with Gasteiger partial charge < -0.3 is 28.8 Å². The number of hydrogen-bond acceptors (Lipinski definition) is 7. The van der Waals surface area contributed by atoms with Gasteiger partial charge in [0, 0.05) is 19.0 Å². The van der Waals surface area contributed by atoms with E-state index in [0.717, 1.165) is 5.56 Å². The van der Waals surface area contributed by atoms with Gasteiger partial charge in [0.1, 0.15) is 5.76 Å². The van der Waals surface area contributed by atoms with Gasteiger partial charge in [-0.25, -0.2) is 0 Å². The molecule has 1 atom stereocenters. The SMILES string of the molecule is O=C(NCC1COCCO1)c1cc(CCCc2ccc3c(c2)OC(F)(F)O3)on1. The second-order valence-corrected chi connectivity index (χ2v) is 6.76. The summed E-state index contributed by atoms with van der Waals surface area (Å²) in [6, 6.07) is 6.30. The summed E-state index contributed by atoms with van der Waals surface area (Å²) < 4.78 is 50.9. The zero-order chi connectivity index (χ0) is 20.3. The van der Waals surface area contributed by atoms with Crippen LogP contribution in [0.15, 0.2) is 28.8 Å². The molecule has 10 heteroatoms. The van der Waals surface area contributed by atoms with E-state index in [1.807, 2.05) is 0 Å². The van der Waals surface area contributed by atoms with Crippen LogP contribution in [0.1, 0.15) is 28.2 Å². The molecule has 0 aliphatic carbocycles. The van der Waals surface area contributed by atoms with Crippen molar-refractivity contribution in [1.82, 2.24) is 10.5 Å². The zero-order valence-corrected chi connectivity index (χ0v) is 15.5. The third kappa shape index (κ3) is 5.01. The summed E-state index contributed by atoms with van der Waals surface area (Å²) in [7, 11) is 0. The molecule has 1 saturated heterocycles. The van der Waals surface area contributed by atoms with Crippen molar-refractivity contribution < 1.29 is 37.0 Å². The molecular weight excluding hydrogens is 390 g/mol. The van der Waals surface area contributed by atoms with E-state index in [0.29, 0.717) is 51.4 Å². The highest BCUT2D eigenvalue weighted by molar-refractivity contribution is 5.92. The van der Waals surface area contributed by atoms with Crippen LogP contribution < -0.4 is 14.8 Å². The van der Waals surface area contributed by atoms with Gasteiger partial charge in [-0.3, -0.25) is 4.79 Å². The fraction of sp³-hybridized carbons (Fsp3) is 0.474. The monoisotopic (exact) mass is 410 g/mol. The second kappa shape index (κ2) is 8.34. The number of carbonyl (C=O) groups is 1. The number of rotatable bonds is 7. The number of halogens is 2. The van der Waals surface area contributed by atoms with Gasteiger partial charge in [-0.2, -0.15) is 0 Å². The molecular formula is C19H20F2N2O6. The fourth-order valence-electron chi connectivity index (χ4n) is 3.11. The first-order chi connectivity index (χ1) is 14.0. The average Bonchev–Trinajstić information content (AvgIpc) is 3.29. The molecule has 2 aliphatic rings. The molecule has 1 aromatic carbocycles. The standard InChI is InChI=1S/C19H20F2N2O6/c20-19(21)27-16-5-4-12(8-17(16)28-19)2-1-3-13-9-15(23-29-13)18(24)22-10-14-11-25-6-7-26-14/h4-5,8-9,14H,1-3,6-7,10-11H2,(H,22,24). The van der Waals surface area contributed by atoms with Crippen LogP contribution in [0.25, 0.3) is 0 Å². The third-order valence-electron chi connectivity index (χ3n) is 4.52. The highest BCUT2D eigenvalue weighted by Crippen LogP contribution is 2.41. The van der Waals surface area contributed by atoms with Gasteiger partial charge in [-0.1, -0.05) is 11.2 Å². The first kappa shape index (κ1) is 19.6. The number of aryl methyl sites for hydroxylation is 2. The van der Waals surface area contributed by atoms with Crippen molar-refractivity contribution in [1.29, 1.82) is 0 Å². The van der Waals surface area contributed by atoms with Crippen LogP contribution in [0, 0.1) is 0 Å². The maximum Gasteiger partial charge on any atom is 0.586 e. The number of carbonyl (C=O) groups excluding carboxylic acids is 1. The van der Waals surface area contributed by atoms with Crippen molar-refractivity contribution in [3.63, 3.8) is 0 Å². The van der Waals surface area contributed by atoms with Crippen LogP contribution in [-0.4, -0.2) is 49.8 Å². The van der Waals surface area contributed by atoms with Gasteiger partial charge in [-0.15, -0.1) is 8.78 Å². The number of nitrogens with one attached hydrogen (secondary N) is 1. The van der Waals surface area contributed by atoms with E-state index in [1.165, 1.54) is 12.1 Å². The third-order valence-corrected chi connectivity index (χ3v) is 4.52. The van der Waals surface area contributed by atoms with Crippen molar-refractivity contribution in [3.05, 3.63) is 41.3 Å². The lowest BCUT2D eigenvalue weighted by molar-refractivity contribution is -0.286. The Hall–Kier alpha value is -2.72. The molecule has 2 aliphatic heterocycles. The summed E-state index contributed by atoms with van der Waals surface area (Å²) in [6.45, 7) is 1.86. The van der Waals surface area contributed by atoms with Gasteiger partial charge in [-0.05, 0) is 30.5 Å². The van der Waals surface area contributed by atoms with Crippen molar-refractivity contribution in [2.24, 2.45) is 0 Å². The van der Waals surface area contributed by atoms with Crippen molar-refractivity contribution in [2.45, 2.75) is 31.7 Å². The topological polar surface area (TPSA) is 92.1 Å². The van der Waals surface area contributed by atoms with E-state index >= 15 is 0 Å². The first-order valence-corrected chi connectivity index (χ1v) is 9.30. The molecule has 1 aromatic heterocycles. The predicted octanol–water partition coefficient (Wildman–Crippen LogP) is 2.32. The van der Waals surface area contributed by atoms with Crippen molar-refractivity contribution in [3.8, 4) is 11.5 Å². The number of ether oxygens (including phenoxy) is 4. The molecule has 0 bridgehead atoms. The Labute approximate surface area is 165 Å². The Bertz CT molecular complexity index is 866. The van der Waals surface area contributed by atoms with Crippen LogP contribution in [-0.2, 0) is 22.3 Å². The van der Waals surface area contributed by atoms with Crippen LogP contribution in [0.4, 0.5) is 8.78 Å². The quantitative estimate of drug-likeness (QED) is 0.749. The Morgan fingerprint density at radius 2 is 2.03 bits per heavy atom. The molecule has 156 valence electrons. The van der Waals surface area contributed by atoms with Crippen LogP contribution in [0.2, 0.25) is 0 Å². The Morgan fingerprint density at radius 1 is 1.17 bits per heavy atom. The molecule has 1 fully saturated rings. The minimum Gasteiger partial charge on any atom is -0.395 e. The molecule has 0 radical (unpaired) electrons. The predicted molar refractivity (Wildman–Crippen MR) is 94.1 cm³/mol. The number of benzene rings is 1. The van der Waals surface area contributed by atoms with E-state index < -0.39 is 6.29 Å². The molecule has 2 aromatic rings. The largest absolute Gasteiger partial charge is 0.586 e. The molecule has 4 rings (SSSR count). The number of amides is 1. The molecule has 3 heterocycles. The number of hydrogen-bond donors (Lipinski definition) is 1. The maximum absolute atomic E-state index is 13.1.